The average Bonchev–Trinajstić information content (AvgIpc) is 2.61. The highest BCUT2D eigenvalue weighted by Crippen LogP contribution is 2.10. The molecule has 0 heterocycles. The quantitative estimate of drug-likeness (QED) is 0.547. The van der Waals surface area contributed by atoms with Crippen molar-refractivity contribution < 1.29 is 4.74 Å². The van der Waals surface area contributed by atoms with Crippen LogP contribution in [0.3, 0.4) is 0 Å². The summed E-state index contributed by atoms with van der Waals surface area (Å²) in [6, 6.07) is 18.2. The number of benzene rings is 2. The number of methoxy groups -OCH3 is 1. The van der Waals surface area contributed by atoms with E-state index in [1.54, 1.807) is 7.11 Å². The summed E-state index contributed by atoms with van der Waals surface area (Å²) in [7, 11) is 1.68. The van der Waals surface area contributed by atoms with Crippen LogP contribution >= 0.6 is 0 Å². The molecule has 2 rings (SSSR count). The van der Waals surface area contributed by atoms with Crippen molar-refractivity contribution in [2.75, 3.05) is 7.11 Å². The Hall–Kier alpha value is -1.76. The van der Waals surface area contributed by atoms with E-state index < -0.39 is 0 Å². The first-order chi connectivity index (χ1) is 10.7. The van der Waals surface area contributed by atoms with Gasteiger partial charge in [-0.1, -0.05) is 89.6 Å². The maximum absolute atomic E-state index is 5.00. The Morgan fingerprint density at radius 1 is 0.591 bits per heavy atom. The Morgan fingerprint density at radius 2 is 1.05 bits per heavy atom. The minimum atomic E-state index is 0.926. The second-order valence-electron chi connectivity index (χ2n) is 3.68. The van der Waals surface area contributed by atoms with Crippen molar-refractivity contribution >= 4 is 0 Å². The first-order valence-corrected chi connectivity index (χ1v) is 8.34. The molecule has 0 aliphatic carbocycles. The van der Waals surface area contributed by atoms with Crippen molar-refractivity contribution in [3.8, 4) is 5.75 Å². The summed E-state index contributed by atoms with van der Waals surface area (Å²) in [5.74, 6) is 0.926. The molecule has 0 aliphatic heterocycles. The minimum Gasteiger partial charge on any atom is -0.497 e. The van der Waals surface area contributed by atoms with Gasteiger partial charge in [-0.3, -0.25) is 0 Å². The number of rotatable bonds is 1. The predicted octanol–water partition coefficient (Wildman–Crippen LogP) is 7.08. The summed E-state index contributed by atoms with van der Waals surface area (Å²) < 4.78 is 5.00. The van der Waals surface area contributed by atoms with Crippen LogP contribution in [0.5, 0.6) is 5.75 Å². The van der Waals surface area contributed by atoms with Gasteiger partial charge in [0.15, 0.2) is 0 Å². The summed E-state index contributed by atoms with van der Waals surface area (Å²) in [4.78, 5) is 0. The molecule has 22 heavy (non-hydrogen) atoms. The molecular weight excluding hydrogens is 268 g/mol. The van der Waals surface area contributed by atoms with Gasteiger partial charge < -0.3 is 4.74 Å². The highest BCUT2D eigenvalue weighted by molar-refractivity contribution is 5.27. The first kappa shape index (κ1) is 25.2. The fraction of sp³-hybridized carbons (Fsp3) is 0.429. The Bertz CT molecular complexity index is 407. The third-order valence-corrected chi connectivity index (χ3v) is 2.17. The zero-order chi connectivity index (χ0) is 17.8. The summed E-state index contributed by atoms with van der Waals surface area (Å²) >= 11 is 0. The molecule has 0 saturated carbocycles. The van der Waals surface area contributed by atoms with E-state index in [1.807, 2.05) is 90.9 Å². The summed E-state index contributed by atoms with van der Waals surface area (Å²) in [6.07, 6.45) is 0. The third kappa shape index (κ3) is 16.3. The SMILES string of the molecule is CC.CC.CC.COc1cccc(C)c1.Cc1ccccc1. The van der Waals surface area contributed by atoms with Gasteiger partial charge in [0.25, 0.3) is 0 Å². The second-order valence-corrected chi connectivity index (χ2v) is 3.68. The van der Waals surface area contributed by atoms with Gasteiger partial charge in [-0.05, 0) is 31.5 Å². The van der Waals surface area contributed by atoms with Gasteiger partial charge >= 0.3 is 0 Å². The molecule has 0 spiro atoms. The minimum absolute atomic E-state index is 0.926. The topological polar surface area (TPSA) is 9.23 Å². The molecule has 0 aliphatic rings. The van der Waals surface area contributed by atoms with E-state index in [2.05, 4.69) is 19.1 Å². The van der Waals surface area contributed by atoms with E-state index >= 15 is 0 Å². The molecule has 1 heteroatoms. The van der Waals surface area contributed by atoms with Gasteiger partial charge in [0.1, 0.15) is 5.75 Å². The molecule has 0 radical (unpaired) electrons. The highest BCUT2D eigenvalue weighted by Gasteiger charge is 1.86. The molecule has 0 amide bonds. The Balaban J connectivity index is -0.000000249. The molecule has 0 bridgehead atoms. The molecule has 0 fully saturated rings. The lowest BCUT2D eigenvalue weighted by molar-refractivity contribution is 0.414. The molecule has 0 unspecified atom stereocenters. The van der Waals surface area contributed by atoms with Crippen LogP contribution in [-0.2, 0) is 0 Å². The van der Waals surface area contributed by atoms with E-state index in [0.29, 0.717) is 0 Å². The molecule has 2 aromatic carbocycles. The van der Waals surface area contributed by atoms with Gasteiger partial charge in [-0.15, -0.1) is 0 Å². The number of aryl methyl sites for hydroxylation is 2. The van der Waals surface area contributed by atoms with Gasteiger partial charge in [-0.2, -0.15) is 0 Å². The predicted molar refractivity (Wildman–Crippen MR) is 103 cm³/mol. The lowest BCUT2D eigenvalue weighted by atomic mass is 10.2. The molecule has 2 aromatic rings. The van der Waals surface area contributed by atoms with Crippen LogP contribution in [0.2, 0.25) is 0 Å². The first-order valence-electron chi connectivity index (χ1n) is 8.34. The van der Waals surface area contributed by atoms with Crippen molar-refractivity contribution in [3.63, 3.8) is 0 Å². The summed E-state index contributed by atoms with van der Waals surface area (Å²) in [5.41, 5.74) is 2.55. The molecule has 0 aromatic heterocycles. The largest absolute Gasteiger partial charge is 0.497 e. The van der Waals surface area contributed by atoms with Crippen molar-refractivity contribution in [1.82, 2.24) is 0 Å². The average molecular weight is 305 g/mol. The highest BCUT2D eigenvalue weighted by atomic mass is 16.5. The van der Waals surface area contributed by atoms with Gasteiger partial charge in [0.2, 0.25) is 0 Å². The zero-order valence-corrected chi connectivity index (χ0v) is 16.1. The number of hydrogen-bond donors (Lipinski definition) is 0. The zero-order valence-electron chi connectivity index (χ0n) is 16.1. The van der Waals surface area contributed by atoms with Crippen LogP contribution in [0.25, 0.3) is 0 Å². The third-order valence-electron chi connectivity index (χ3n) is 2.17. The molecule has 1 nitrogen and oxygen atoms in total. The van der Waals surface area contributed by atoms with E-state index in [0.717, 1.165) is 5.75 Å². The smallest absolute Gasteiger partial charge is 0.119 e. The fourth-order valence-corrected chi connectivity index (χ4v) is 1.28. The lowest BCUT2D eigenvalue weighted by Crippen LogP contribution is -1.81. The van der Waals surface area contributed by atoms with E-state index in [9.17, 15) is 0 Å². The maximum atomic E-state index is 5.00. The second kappa shape index (κ2) is 21.5. The Kier molecular flexibility index (Phi) is 24.7. The standard InChI is InChI=1S/C8H10O.C7H8.3C2H6/c1-7-4-3-5-8(6-7)9-2;1-7-5-3-2-4-6-7;3*1-2/h3-6H,1-2H3;2-6H,1H3;3*1-2H3. The van der Waals surface area contributed by atoms with Gasteiger partial charge in [0.05, 0.1) is 7.11 Å². The molecule has 0 N–H and O–H groups in total. The summed E-state index contributed by atoms with van der Waals surface area (Å²) in [6.45, 7) is 16.1. The summed E-state index contributed by atoms with van der Waals surface area (Å²) in [5, 5.41) is 0. The Labute approximate surface area is 139 Å². The molecule has 0 atom stereocenters. The lowest BCUT2D eigenvalue weighted by Gasteiger charge is -1.97. The van der Waals surface area contributed by atoms with Crippen molar-refractivity contribution in [2.45, 2.75) is 55.4 Å². The van der Waals surface area contributed by atoms with Crippen molar-refractivity contribution in [3.05, 3.63) is 65.7 Å². The molecular formula is C21H36O. The van der Waals surface area contributed by atoms with Crippen LogP contribution in [0.4, 0.5) is 0 Å². The maximum Gasteiger partial charge on any atom is 0.119 e. The number of ether oxygens (including phenoxy) is 1. The molecule has 0 saturated heterocycles. The van der Waals surface area contributed by atoms with E-state index in [1.165, 1.54) is 11.1 Å². The number of hydrogen-bond acceptors (Lipinski definition) is 1. The van der Waals surface area contributed by atoms with Gasteiger partial charge in [-0.25, -0.2) is 0 Å². The molecule has 126 valence electrons. The van der Waals surface area contributed by atoms with E-state index in [4.69, 9.17) is 4.74 Å². The monoisotopic (exact) mass is 304 g/mol. The van der Waals surface area contributed by atoms with Crippen LogP contribution in [-0.4, -0.2) is 7.11 Å². The van der Waals surface area contributed by atoms with Gasteiger partial charge in [0, 0.05) is 0 Å². The van der Waals surface area contributed by atoms with Crippen molar-refractivity contribution in [1.29, 1.82) is 0 Å². The fourth-order valence-electron chi connectivity index (χ4n) is 1.28. The Morgan fingerprint density at radius 3 is 1.32 bits per heavy atom. The van der Waals surface area contributed by atoms with Crippen molar-refractivity contribution in [2.24, 2.45) is 0 Å². The van der Waals surface area contributed by atoms with Crippen LogP contribution in [0.1, 0.15) is 52.7 Å². The van der Waals surface area contributed by atoms with Crippen LogP contribution in [0, 0.1) is 13.8 Å². The van der Waals surface area contributed by atoms with Crippen LogP contribution in [0.15, 0.2) is 54.6 Å². The normalized spacial score (nSPS) is 7.32. The van der Waals surface area contributed by atoms with Crippen LogP contribution < -0.4 is 4.74 Å². The van der Waals surface area contributed by atoms with E-state index in [-0.39, 0.29) is 0 Å².